The molecule has 0 unspecified atom stereocenters. The van der Waals surface area contributed by atoms with Gasteiger partial charge in [-0.05, 0) is 30.5 Å². The van der Waals surface area contributed by atoms with E-state index in [2.05, 4.69) is 52.2 Å². The minimum absolute atomic E-state index is 0.518. The quantitative estimate of drug-likeness (QED) is 0.942. The van der Waals surface area contributed by atoms with Gasteiger partial charge in [0.2, 0.25) is 0 Å². The molecule has 1 fully saturated rings. The summed E-state index contributed by atoms with van der Waals surface area (Å²) >= 11 is 0. The van der Waals surface area contributed by atoms with Crippen molar-refractivity contribution in [3.63, 3.8) is 0 Å². The van der Waals surface area contributed by atoms with Crippen LogP contribution in [0.25, 0.3) is 0 Å². The Morgan fingerprint density at radius 1 is 1.14 bits per heavy atom. The van der Waals surface area contributed by atoms with Gasteiger partial charge in [-0.25, -0.2) is 4.98 Å². The van der Waals surface area contributed by atoms with Crippen LogP contribution >= 0.6 is 0 Å². The fourth-order valence-electron chi connectivity index (χ4n) is 3.18. The van der Waals surface area contributed by atoms with E-state index in [0.29, 0.717) is 6.04 Å². The molecule has 0 amide bonds. The van der Waals surface area contributed by atoms with E-state index in [-0.39, 0.29) is 0 Å². The van der Waals surface area contributed by atoms with Crippen LogP contribution in [0.4, 0.5) is 11.5 Å². The van der Waals surface area contributed by atoms with Crippen molar-refractivity contribution < 1.29 is 0 Å². The van der Waals surface area contributed by atoms with Gasteiger partial charge in [0.1, 0.15) is 0 Å². The minimum Gasteiger partial charge on any atom is -0.396 e. The summed E-state index contributed by atoms with van der Waals surface area (Å²) in [6.07, 6.45) is 4.12. The zero-order chi connectivity index (χ0) is 15.4. The molecule has 2 heterocycles. The molecular formula is C18H24N4. The molecule has 1 aliphatic heterocycles. The molecule has 0 spiro atoms. The van der Waals surface area contributed by atoms with Gasteiger partial charge in [-0.3, -0.25) is 4.90 Å². The van der Waals surface area contributed by atoms with Crippen LogP contribution in [0.1, 0.15) is 18.4 Å². The summed E-state index contributed by atoms with van der Waals surface area (Å²) in [5, 5.41) is 0. The SMILES string of the molecule is CN(c1ncccc1N)C1CCN(Cc2ccccc2)CC1. The maximum absolute atomic E-state index is 6.04. The first-order valence-corrected chi connectivity index (χ1v) is 7.93. The summed E-state index contributed by atoms with van der Waals surface area (Å²) in [6.45, 7) is 3.29. The topological polar surface area (TPSA) is 45.4 Å². The number of nitrogen functional groups attached to an aromatic ring is 1. The molecule has 3 rings (SSSR count). The molecule has 2 aromatic rings. The van der Waals surface area contributed by atoms with Gasteiger partial charge in [-0.2, -0.15) is 0 Å². The lowest BCUT2D eigenvalue weighted by molar-refractivity contribution is 0.203. The predicted octanol–water partition coefficient (Wildman–Crippen LogP) is 2.76. The Morgan fingerprint density at radius 2 is 1.86 bits per heavy atom. The van der Waals surface area contributed by atoms with Gasteiger partial charge in [0.15, 0.2) is 5.82 Å². The van der Waals surface area contributed by atoms with Crippen molar-refractivity contribution in [3.8, 4) is 0 Å². The molecule has 1 aromatic carbocycles. The molecule has 0 atom stereocenters. The average Bonchev–Trinajstić information content (AvgIpc) is 2.56. The number of hydrogen-bond acceptors (Lipinski definition) is 4. The summed E-state index contributed by atoms with van der Waals surface area (Å²) in [7, 11) is 2.11. The molecule has 0 radical (unpaired) electrons. The van der Waals surface area contributed by atoms with Crippen molar-refractivity contribution in [3.05, 3.63) is 54.2 Å². The highest BCUT2D eigenvalue weighted by Crippen LogP contribution is 2.25. The van der Waals surface area contributed by atoms with Crippen LogP contribution in [0.3, 0.4) is 0 Å². The second kappa shape index (κ2) is 6.79. The molecule has 4 heteroatoms. The molecular weight excluding hydrogens is 272 g/mol. The van der Waals surface area contributed by atoms with E-state index in [1.165, 1.54) is 5.56 Å². The number of hydrogen-bond donors (Lipinski definition) is 1. The van der Waals surface area contributed by atoms with E-state index in [1.807, 2.05) is 18.3 Å². The Bertz CT molecular complexity index is 591. The highest BCUT2D eigenvalue weighted by Gasteiger charge is 2.24. The molecule has 0 aliphatic carbocycles. The van der Waals surface area contributed by atoms with Crippen LogP contribution < -0.4 is 10.6 Å². The van der Waals surface area contributed by atoms with Crippen LogP contribution in [0.15, 0.2) is 48.7 Å². The predicted molar refractivity (Wildman–Crippen MR) is 91.8 cm³/mol. The standard InChI is InChI=1S/C18H24N4/c1-21(18-17(19)8-5-11-20-18)16-9-12-22(13-10-16)14-15-6-3-2-4-7-15/h2-8,11,16H,9-10,12-14,19H2,1H3. The second-order valence-corrected chi connectivity index (χ2v) is 6.02. The first kappa shape index (κ1) is 14.9. The van der Waals surface area contributed by atoms with Crippen molar-refractivity contribution in [2.75, 3.05) is 30.8 Å². The molecule has 1 aromatic heterocycles. The molecule has 0 saturated carbocycles. The summed E-state index contributed by atoms with van der Waals surface area (Å²) in [5.41, 5.74) is 8.20. The Morgan fingerprint density at radius 3 is 2.55 bits per heavy atom. The normalized spacial score (nSPS) is 16.6. The Kier molecular flexibility index (Phi) is 4.59. The fraction of sp³-hybridized carbons (Fsp3) is 0.389. The molecule has 22 heavy (non-hydrogen) atoms. The first-order valence-electron chi connectivity index (χ1n) is 7.93. The van der Waals surface area contributed by atoms with E-state index in [0.717, 1.165) is 44.0 Å². The van der Waals surface area contributed by atoms with Crippen LogP contribution in [0, 0.1) is 0 Å². The maximum Gasteiger partial charge on any atom is 0.151 e. The zero-order valence-corrected chi connectivity index (χ0v) is 13.2. The average molecular weight is 296 g/mol. The van der Waals surface area contributed by atoms with Crippen molar-refractivity contribution in [2.45, 2.75) is 25.4 Å². The molecule has 116 valence electrons. The Hall–Kier alpha value is -2.07. The zero-order valence-electron chi connectivity index (χ0n) is 13.2. The lowest BCUT2D eigenvalue weighted by Gasteiger charge is -2.37. The lowest BCUT2D eigenvalue weighted by atomic mass is 10.0. The maximum atomic E-state index is 6.04. The van der Waals surface area contributed by atoms with Crippen molar-refractivity contribution >= 4 is 11.5 Å². The smallest absolute Gasteiger partial charge is 0.151 e. The molecule has 1 aliphatic rings. The van der Waals surface area contributed by atoms with Gasteiger partial charge in [0.25, 0.3) is 0 Å². The van der Waals surface area contributed by atoms with E-state index in [9.17, 15) is 0 Å². The number of nitrogens with zero attached hydrogens (tertiary/aromatic N) is 3. The van der Waals surface area contributed by atoms with Crippen molar-refractivity contribution in [1.82, 2.24) is 9.88 Å². The van der Waals surface area contributed by atoms with Gasteiger partial charge in [-0.15, -0.1) is 0 Å². The minimum atomic E-state index is 0.518. The number of aromatic nitrogens is 1. The number of anilines is 2. The largest absolute Gasteiger partial charge is 0.396 e. The lowest BCUT2D eigenvalue weighted by Crippen LogP contribution is -2.43. The van der Waals surface area contributed by atoms with Crippen LogP contribution in [0.2, 0.25) is 0 Å². The monoisotopic (exact) mass is 296 g/mol. The van der Waals surface area contributed by atoms with E-state index in [4.69, 9.17) is 5.73 Å². The van der Waals surface area contributed by atoms with Gasteiger partial charge in [0.05, 0.1) is 5.69 Å². The van der Waals surface area contributed by atoms with E-state index >= 15 is 0 Å². The number of pyridine rings is 1. The number of benzene rings is 1. The third-order valence-electron chi connectivity index (χ3n) is 4.50. The van der Waals surface area contributed by atoms with Crippen LogP contribution in [0.5, 0.6) is 0 Å². The second-order valence-electron chi connectivity index (χ2n) is 6.02. The number of likely N-dealkylation sites (tertiary alicyclic amines) is 1. The van der Waals surface area contributed by atoms with Crippen molar-refractivity contribution in [1.29, 1.82) is 0 Å². The Balaban J connectivity index is 1.56. The molecule has 1 saturated heterocycles. The van der Waals surface area contributed by atoms with E-state index < -0.39 is 0 Å². The summed E-state index contributed by atoms with van der Waals surface area (Å²) < 4.78 is 0. The van der Waals surface area contributed by atoms with Crippen LogP contribution in [-0.4, -0.2) is 36.1 Å². The molecule has 2 N–H and O–H groups in total. The number of piperidine rings is 1. The highest BCUT2D eigenvalue weighted by molar-refractivity contribution is 5.62. The third kappa shape index (κ3) is 3.39. The van der Waals surface area contributed by atoms with Crippen LogP contribution in [-0.2, 0) is 6.54 Å². The van der Waals surface area contributed by atoms with Gasteiger partial charge in [0, 0.05) is 38.9 Å². The van der Waals surface area contributed by atoms with Crippen molar-refractivity contribution in [2.24, 2.45) is 0 Å². The summed E-state index contributed by atoms with van der Waals surface area (Å²) in [6, 6.07) is 15.0. The molecule has 4 nitrogen and oxygen atoms in total. The Labute approximate surface area is 132 Å². The van der Waals surface area contributed by atoms with Gasteiger partial charge in [-0.1, -0.05) is 30.3 Å². The summed E-state index contributed by atoms with van der Waals surface area (Å²) in [4.78, 5) is 9.20. The fourth-order valence-corrected chi connectivity index (χ4v) is 3.18. The number of rotatable bonds is 4. The van der Waals surface area contributed by atoms with Gasteiger partial charge < -0.3 is 10.6 Å². The van der Waals surface area contributed by atoms with Gasteiger partial charge >= 0.3 is 0 Å². The first-order chi connectivity index (χ1) is 10.7. The van der Waals surface area contributed by atoms with E-state index in [1.54, 1.807) is 0 Å². The molecule has 0 bridgehead atoms. The summed E-state index contributed by atoms with van der Waals surface area (Å²) in [5.74, 6) is 0.906. The third-order valence-corrected chi connectivity index (χ3v) is 4.50. The highest BCUT2D eigenvalue weighted by atomic mass is 15.2. The number of nitrogens with two attached hydrogens (primary N) is 1.